The van der Waals surface area contributed by atoms with Gasteiger partial charge in [0.15, 0.2) is 11.4 Å². The summed E-state index contributed by atoms with van der Waals surface area (Å²) in [5, 5.41) is 0. The molecule has 8 rings (SSSR count). The highest BCUT2D eigenvalue weighted by Crippen LogP contribution is 2.38. The van der Waals surface area contributed by atoms with Crippen molar-refractivity contribution in [1.82, 2.24) is 15.0 Å². The van der Waals surface area contributed by atoms with E-state index in [4.69, 9.17) is 19.4 Å². The van der Waals surface area contributed by atoms with E-state index < -0.39 is 0 Å². The fraction of sp³-hybridized carbons (Fsp3) is 0. The summed E-state index contributed by atoms with van der Waals surface area (Å²) in [5.74, 6) is 1.25. The van der Waals surface area contributed by atoms with Crippen LogP contribution in [0.5, 0.6) is 0 Å². The molecule has 2 aromatic heterocycles. The molecule has 4 nitrogen and oxygen atoms in total. The van der Waals surface area contributed by atoms with Crippen LogP contribution in [-0.4, -0.2) is 15.0 Å². The Morgan fingerprint density at radius 3 is 1.51 bits per heavy atom. The number of aromatic nitrogens is 3. The Kier molecular flexibility index (Phi) is 6.78. The predicted molar refractivity (Wildman–Crippen MR) is 182 cm³/mol. The first-order valence-electron chi connectivity index (χ1n) is 15.0. The Morgan fingerprint density at radius 2 is 0.844 bits per heavy atom. The van der Waals surface area contributed by atoms with Crippen molar-refractivity contribution in [1.29, 1.82) is 0 Å². The molecule has 0 radical (unpaired) electrons. The van der Waals surface area contributed by atoms with Crippen LogP contribution in [0.15, 0.2) is 168 Å². The summed E-state index contributed by atoms with van der Waals surface area (Å²) in [6.45, 7) is 0. The summed E-state index contributed by atoms with van der Waals surface area (Å²) in [6, 6.07) is 55.6. The lowest BCUT2D eigenvalue weighted by Crippen LogP contribution is -1.97. The van der Waals surface area contributed by atoms with Gasteiger partial charge in [-0.25, -0.2) is 15.0 Å². The van der Waals surface area contributed by atoms with Crippen LogP contribution in [0.2, 0.25) is 0 Å². The Hall–Kier alpha value is -6.13. The maximum atomic E-state index is 6.21. The van der Waals surface area contributed by atoms with Gasteiger partial charge in [-0.3, -0.25) is 0 Å². The molecule has 4 heteroatoms. The zero-order valence-corrected chi connectivity index (χ0v) is 24.3. The highest BCUT2D eigenvalue weighted by atomic mass is 16.3. The van der Waals surface area contributed by atoms with Gasteiger partial charge >= 0.3 is 0 Å². The summed E-state index contributed by atoms with van der Waals surface area (Å²) in [6.07, 6.45) is 0. The largest absolute Gasteiger partial charge is 0.436 e. The van der Waals surface area contributed by atoms with Gasteiger partial charge in [0, 0.05) is 27.8 Å². The quantitative estimate of drug-likeness (QED) is 0.197. The molecule has 0 fully saturated rings. The molecule has 45 heavy (non-hydrogen) atoms. The van der Waals surface area contributed by atoms with E-state index in [2.05, 4.69) is 84.9 Å². The minimum absolute atomic E-state index is 0.596. The molecule has 2 heterocycles. The van der Waals surface area contributed by atoms with Crippen LogP contribution in [0.3, 0.4) is 0 Å². The molecule has 0 saturated heterocycles. The van der Waals surface area contributed by atoms with E-state index >= 15 is 0 Å². The predicted octanol–water partition coefficient (Wildman–Crippen LogP) is 10.6. The molecule has 0 saturated carbocycles. The van der Waals surface area contributed by atoms with Crippen LogP contribution in [0.1, 0.15) is 0 Å². The van der Waals surface area contributed by atoms with Crippen molar-refractivity contribution < 1.29 is 4.42 Å². The number of hydrogen-bond acceptors (Lipinski definition) is 4. The fourth-order valence-corrected chi connectivity index (χ4v) is 5.72. The van der Waals surface area contributed by atoms with Crippen LogP contribution >= 0.6 is 0 Å². The molecular weight excluding hydrogens is 550 g/mol. The average molecular weight is 578 g/mol. The van der Waals surface area contributed by atoms with Gasteiger partial charge in [0.25, 0.3) is 0 Å². The molecular formula is C41H27N3O. The molecule has 0 amide bonds. The van der Waals surface area contributed by atoms with Crippen molar-refractivity contribution in [3.05, 3.63) is 164 Å². The maximum absolute atomic E-state index is 6.21. The van der Waals surface area contributed by atoms with Crippen molar-refractivity contribution in [3.8, 4) is 67.6 Å². The van der Waals surface area contributed by atoms with Gasteiger partial charge in [-0.2, -0.15) is 0 Å². The number of benzene rings is 6. The zero-order valence-electron chi connectivity index (χ0n) is 24.3. The Labute approximate surface area is 261 Å². The van der Waals surface area contributed by atoms with E-state index in [1.165, 1.54) is 5.56 Å². The lowest BCUT2D eigenvalue weighted by atomic mass is 9.97. The molecule has 6 aromatic carbocycles. The van der Waals surface area contributed by atoms with Crippen molar-refractivity contribution in [2.45, 2.75) is 0 Å². The van der Waals surface area contributed by atoms with Gasteiger partial charge in [-0.05, 0) is 41.0 Å². The number of oxazole rings is 1. The van der Waals surface area contributed by atoms with E-state index in [1.807, 2.05) is 78.9 Å². The molecule has 0 aliphatic carbocycles. The third-order valence-corrected chi connectivity index (χ3v) is 7.98. The summed E-state index contributed by atoms with van der Waals surface area (Å²) in [4.78, 5) is 15.2. The SMILES string of the molecule is c1ccc(-c2ccc(-c3cc(-c4ccccc4)nc(-c4ccccc4-c4cccc5oc(-c6ccccc6)nc45)n3)cc2)cc1. The third kappa shape index (κ3) is 5.19. The molecule has 0 unspecified atom stereocenters. The monoisotopic (exact) mass is 577 g/mol. The van der Waals surface area contributed by atoms with Crippen LogP contribution < -0.4 is 0 Å². The highest BCUT2D eigenvalue weighted by molar-refractivity contribution is 5.96. The van der Waals surface area contributed by atoms with Crippen LogP contribution in [0.4, 0.5) is 0 Å². The molecule has 212 valence electrons. The van der Waals surface area contributed by atoms with Gasteiger partial charge < -0.3 is 4.42 Å². The topological polar surface area (TPSA) is 51.8 Å². The average Bonchev–Trinajstić information content (AvgIpc) is 3.58. The van der Waals surface area contributed by atoms with Crippen molar-refractivity contribution in [2.24, 2.45) is 0 Å². The number of fused-ring (bicyclic) bond motifs is 1. The van der Waals surface area contributed by atoms with Crippen molar-refractivity contribution >= 4 is 11.1 Å². The van der Waals surface area contributed by atoms with E-state index in [-0.39, 0.29) is 0 Å². The van der Waals surface area contributed by atoms with Crippen LogP contribution in [0, 0.1) is 0 Å². The van der Waals surface area contributed by atoms with Gasteiger partial charge in [0.05, 0.1) is 11.4 Å². The van der Waals surface area contributed by atoms with Crippen molar-refractivity contribution in [3.63, 3.8) is 0 Å². The minimum atomic E-state index is 0.596. The highest BCUT2D eigenvalue weighted by Gasteiger charge is 2.18. The van der Waals surface area contributed by atoms with E-state index in [0.29, 0.717) is 11.7 Å². The first-order valence-corrected chi connectivity index (χ1v) is 15.0. The van der Waals surface area contributed by atoms with Gasteiger partial charge in [0.2, 0.25) is 5.89 Å². The Balaban J connectivity index is 1.28. The molecule has 0 bridgehead atoms. The molecule has 0 aliphatic heterocycles. The third-order valence-electron chi connectivity index (χ3n) is 7.98. The number of rotatable bonds is 6. The molecule has 0 spiro atoms. The molecule has 8 aromatic rings. The lowest BCUT2D eigenvalue weighted by Gasteiger charge is -2.13. The molecule has 0 atom stereocenters. The summed E-state index contributed by atoms with van der Waals surface area (Å²) in [5.41, 5.74) is 11.5. The molecule has 0 N–H and O–H groups in total. The first kappa shape index (κ1) is 26.5. The van der Waals surface area contributed by atoms with E-state index in [1.54, 1.807) is 0 Å². The summed E-state index contributed by atoms with van der Waals surface area (Å²) in [7, 11) is 0. The Morgan fingerprint density at radius 1 is 0.356 bits per heavy atom. The van der Waals surface area contributed by atoms with Crippen molar-refractivity contribution in [2.75, 3.05) is 0 Å². The second-order valence-corrected chi connectivity index (χ2v) is 10.9. The lowest BCUT2D eigenvalue weighted by molar-refractivity contribution is 0.620. The standard InChI is InChI=1S/C41H27N3O/c1-4-13-28(14-5-1)29-23-25-31(26-24-29)37-27-36(30-15-6-2-7-16-30)42-40(43-37)35-20-11-10-19-33(35)34-21-12-22-38-39(34)44-41(45-38)32-17-8-3-9-18-32/h1-27H. The Bertz CT molecular complexity index is 2240. The molecule has 0 aliphatic rings. The normalized spacial score (nSPS) is 11.1. The maximum Gasteiger partial charge on any atom is 0.227 e. The van der Waals surface area contributed by atoms with Gasteiger partial charge in [-0.1, -0.05) is 140 Å². The zero-order chi connectivity index (χ0) is 30.0. The number of para-hydroxylation sites is 1. The second kappa shape index (κ2) is 11.5. The van der Waals surface area contributed by atoms with Crippen LogP contribution in [0.25, 0.3) is 78.7 Å². The first-order chi connectivity index (χ1) is 22.3. The fourth-order valence-electron chi connectivity index (χ4n) is 5.72. The minimum Gasteiger partial charge on any atom is -0.436 e. The summed E-state index contributed by atoms with van der Waals surface area (Å²) >= 11 is 0. The van der Waals surface area contributed by atoms with Gasteiger partial charge in [-0.15, -0.1) is 0 Å². The van der Waals surface area contributed by atoms with E-state index in [0.717, 1.165) is 61.4 Å². The second-order valence-electron chi connectivity index (χ2n) is 10.9. The number of nitrogens with zero attached hydrogens (tertiary/aromatic N) is 3. The summed E-state index contributed by atoms with van der Waals surface area (Å²) < 4.78 is 6.21. The van der Waals surface area contributed by atoms with Crippen LogP contribution in [-0.2, 0) is 0 Å². The number of hydrogen-bond donors (Lipinski definition) is 0. The van der Waals surface area contributed by atoms with E-state index in [9.17, 15) is 0 Å². The smallest absolute Gasteiger partial charge is 0.227 e. The van der Waals surface area contributed by atoms with Gasteiger partial charge in [0.1, 0.15) is 5.52 Å².